The third kappa shape index (κ3) is 3.62. The van der Waals surface area contributed by atoms with Gasteiger partial charge in [0.2, 0.25) is 0 Å². The van der Waals surface area contributed by atoms with Crippen molar-refractivity contribution in [3.05, 3.63) is 29.8 Å². The Morgan fingerprint density at radius 3 is 2.47 bits per heavy atom. The van der Waals surface area contributed by atoms with Crippen LogP contribution < -0.4 is 4.74 Å². The number of ether oxygens (including phenoxy) is 1. The van der Waals surface area contributed by atoms with Gasteiger partial charge < -0.3 is 9.84 Å². The summed E-state index contributed by atoms with van der Waals surface area (Å²) in [6.07, 6.45) is 1.34. The van der Waals surface area contributed by atoms with E-state index in [9.17, 15) is 4.79 Å². The average molecular weight is 208 g/mol. The number of rotatable bonds is 5. The summed E-state index contributed by atoms with van der Waals surface area (Å²) in [4.78, 5) is 10.5. The van der Waals surface area contributed by atoms with Crippen LogP contribution >= 0.6 is 0 Å². The van der Waals surface area contributed by atoms with Crippen LogP contribution in [0.5, 0.6) is 5.75 Å². The third-order valence-electron chi connectivity index (χ3n) is 2.12. The highest BCUT2D eigenvalue weighted by molar-refractivity contribution is 5.72. The molecule has 3 nitrogen and oxygen atoms in total. The summed E-state index contributed by atoms with van der Waals surface area (Å²) in [6, 6.07) is 7.55. The Balaban J connectivity index is 2.60. The number of carbonyl (C=O) groups is 1. The second-order valence-electron chi connectivity index (χ2n) is 3.49. The summed E-state index contributed by atoms with van der Waals surface area (Å²) in [7, 11) is 0. The molecule has 0 aliphatic carbocycles. The predicted molar refractivity (Wildman–Crippen MR) is 58.2 cm³/mol. The molecule has 0 bridgehead atoms. The molecule has 0 spiro atoms. The summed E-state index contributed by atoms with van der Waals surface area (Å²) in [5, 5.41) is 8.66. The normalized spacial score (nSPS) is 12.1. The fourth-order valence-corrected chi connectivity index (χ4v) is 1.28. The van der Waals surface area contributed by atoms with Crippen molar-refractivity contribution in [2.45, 2.75) is 32.8 Å². The molecule has 1 atom stereocenters. The lowest BCUT2D eigenvalue weighted by atomic mass is 10.1. The first-order chi connectivity index (χ1) is 7.13. The molecule has 3 heteroatoms. The van der Waals surface area contributed by atoms with Crippen molar-refractivity contribution in [2.24, 2.45) is 0 Å². The number of benzene rings is 1. The number of hydrogen-bond acceptors (Lipinski definition) is 2. The zero-order chi connectivity index (χ0) is 11.3. The maximum Gasteiger partial charge on any atom is 0.344 e. The molecule has 0 saturated heterocycles. The number of hydrogen-bond donors (Lipinski definition) is 1. The lowest BCUT2D eigenvalue weighted by molar-refractivity contribution is -0.144. The van der Waals surface area contributed by atoms with Gasteiger partial charge in [0.25, 0.3) is 0 Å². The van der Waals surface area contributed by atoms with Gasteiger partial charge in [0.15, 0.2) is 6.10 Å². The number of aliphatic carboxylic acids is 1. The Hall–Kier alpha value is -1.51. The largest absolute Gasteiger partial charge is 0.479 e. The van der Waals surface area contributed by atoms with Crippen LogP contribution in [-0.2, 0) is 11.2 Å². The van der Waals surface area contributed by atoms with E-state index in [1.54, 1.807) is 0 Å². The molecule has 1 unspecified atom stereocenters. The van der Waals surface area contributed by atoms with E-state index >= 15 is 0 Å². The highest BCUT2D eigenvalue weighted by Gasteiger charge is 2.11. The van der Waals surface area contributed by atoms with Crippen LogP contribution in [0, 0.1) is 0 Å². The highest BCUT2D eigenvalue weighted by atomic mass is 16.5. The van der Waals surface area contributed by atoms with Gasteiger partial charge in [-0.3, -0.25) is 0 Å². The maximum absolute atomic E-state index is 10.5. The molecule has 0 fully saturated rings. The van der Waals surface area contributed by atoms with Crippen LogP contribution in [0.25, 0.3) is 0 Å². The Morgan fingerprint density at radius 1 is 1.40 bits per heavy atom. The quantitative estimate of drug-likeness (QED) is 0.808. The molecule has 0 aliphatic rings. The minimum atomic E-state index is -0.951. The van der Waals surface area contributed by atoms with Crippen molar-refractivity contribution >= 4 is 5.97 Å². The van der Waals surface area contributed by atoms with E-state index in [-0.39, 0.29) is 0 Å². The third-order valence-corrected chi connectivity index (χ3v) is 2.12. The van der Waals surface area contributed by atoms with E-state index in [1.165, 1.54) is 12.5 Å². The fraction of sp³-hybridized carbons (Fsp3) is 0.417. The Morgan fingerprint density at radius 2 is 2.00 bits per heavy atom. The van der Waals surface area contributed by atoms with Gasteiger partial charge in [-0.2, -0.15) is 0 Å². The Bertz CT molecular complexity index is 316. The zero-order valence-corrected chi connectivity index (χ0v) is 9.06. The van der Waals surface area contributed by atoms with Crippen LogP contribution in [0.4, 0.5) is 0 Å². The molecule has 1 aromatic rings. The van der Waals surface area contributed by atoms with Gasteiger partial charge in [-0.05, 0) is 31.0 Å². The minimum Gasteiger partial charge on any atom is -0.479 e. The first-order valence-corrected chi connectivity index (χ1v) is 5.12. The van der Waals surface area contributed by atoms with E-state index in [0.717, 1.165) is 12.8 Å². The predicted octanol–water partition coefficient (Wildman–Crippen LogP) is 2.49. The van der Waals surface area contributed by atoms with Gasteiger partial charge in [-0.1, -0.05) is 25.5 Å². The number of carboxylic acids is 1. The molecule has 1 aromatic carbocycles. The van der Waals surface area contributed by atoms with Crippen molar-refractivity contribution in [1.82, 2.24) is 0 Å². The molecule has 1 rings (SSSR count). The molecule has 0 amide bonds. The summed E-state index contributed by atoms with van der Waals surface area (Å²) in [5.74, 6) is -0.350. The second kappa shape index (κ2) is 5.39. The molecule has 82 valence electrons. The van der Waals surface area contributed by atoms with Crippen molar-refractivity contribution in [3.63, 3.8) is 0 Å². The van der Waals surface area contributed by atoms with Gasteiger partial charge in [0.05, 0.1) is 0 Å². The molecule has 15 heavy (non-hydrogen) atoms. The monoisotopic (exact) mass is 208 g/mol. The standard InChI is InChI=1S/C12H16O3/c1-3-4-10-5-7-11(8-6-10)15-9(2)12(13)14/h5-9H,3-4H2,1-2H3,(H,13,14). The Kier molecular flexibility index (Phi) is 4.16. The van der Waals surface area contributed by atoms with E-state index in [4.69, 9.17) is 9.84 Å². The van der Waals surface area contributed by atoms with Crippen molar-refractivity contribution < 1.29 is 14.6 Å². The van der Waals surface area contributed by atoms with E-state index in [0.29, 0.717) is 5.75 Å². The summed E-state index contributed by atoms with van der Waals surface area (Å²) in [6.45, 7) is 3.64. The van der Waals surface area contributed by atoms with Crippen LogP contribution in [0.3, 0.4) is 0 Å². The lowest BCUT2D eigenvalue weighted by Crippen LogP contribution is -2.22. The smallest absolute Gasteiger partial charge is 0.344 e. The topological polar surface area (TPSA) is 46.5 Å². The maximum atomic E-state index is 10.5. The first-order valence-electron chi connectivity index (χ1n) is 5.12. The fourth-order valence-electron chi connectivity index (χ4n) is 1.28. The van der Waals surface area contributed by atoms with Crippen LogP contribution in [0.2, 0.25) is 0 Å². The van der Waals surface area contributed by atoms with Crippen molar-refractivity contribution in [3.8, 4) is 5.75 Å². The van der Waals surface area contributed by atoms with Gasteiger partial charge in [0.1, 0.15) is 5.75 Å². The number of carboxylic acid groups (broad SMARTS) is 1. The molecule has 0 aromatic heterocycles. The average Bonchev–Trinajstić information content (AvgIpc) is 2.21. The SMILES string of the molecule is CCCc1ccc(OC(C)C(=O)O)cc1. The Labute approximate surface area is 89.7 Å². The minimum absolute atomic E-state index is 0.602. The number of aryl methyl sites for hydroxylation is 1. The summed E-state index contributed by atoms with van der Waals surface area (Å²) in [5.41, 5.74) is 1.24. The summed E-state index contributed by atoms with van der Waals surface area (Å²) < 4.78 is 5.21. The van der Waals surface area contributed by atoms with Gasteiger partial charge in [-0.25, -0.2) is 4.79 Å². The molecule has 0 radical (unpaired) electrons. The van der Waals surface area contributed by atoms with Gasteiger partial charge >= 0.3 is 5.97 Å². The molecule has 0 saturated carbocycles. The van der Waals surface area contributed by atoms with E-state index in [1.807, 2.05) is 24.3 Å². The van der Waals surface area contributed by atoms with Crippen LogP contribution in [-0.4, -0.2) is 17.2 Å². The zero-order valence-electron chi connectivity index (χ0n) is 9.06. The second-order valence-corrected chi connectivity index (χ2v) is 3.49. The van der Waals surface area contributed by atoms with Gasteiger partial charge in [-0.15, -0.1) is 0 Å². The van der Waals surface area contributed by atoms with Crippen LogP contribution in [0.1, 0.15) is 25.8 Å². The van der Waals surface area contributed by atoms with E-state index < -0.39 is 12.1 Å². The highest BCUT2D eigenvalue weighted by Crippen LogP contribution is 2.14. The molecule has 0 aliphatic heterocycles. The molecule has 0 heterocycles. The molecular formula is C12H16O3. The molecular weight excluding hydrogens is 192 g/mol. The van der Waals surface area contributed by atoms with Crippen LogP contribution in [0.15, 0.2) is 24.3 Å². The van der Waals surface area contributed by atoms with Crippen molar-refractivity contribution in [2.75, 3.05) is 0 Å². The van der Waals surface area contributed by atoms with Gasteiger partial charge in [0, 0.05) is 0 Å². The first kappa shape index (κ1) is 11.6. The van der Waals surface area contributed by atoms with E-state index in [2.05, 4.69) is 6.92 Å². The van der Waals surface area contributed by atoms with Crippen molar-refractivity contribution in [1.29, 1.82) is 0 Å². The lowest BCUT2D eigenvalue weighted by Gasteiger charge is -2.10. The summed E-state index contributed by atoms with van der Waals surface area (Å²) >= 11 is 0. The molecule has 1 N–H and O–H groups in total.